The molecular formula is C23H23NO4S. The van der Waals surface area contributed by atoms with Gasteiger partial charge in [-0.3, -0.25) is 14.5 Å². The summed E-state index contributed by atoms with van der Waals surface area (Å²) in [5.74, 6) is 0.0848. The van der Waals surface area contributed by atoms with Crippen LogP contribution in [0.25, 0.3) is 6.08 Å². The lowest BCUT2D eigenvalue weighted by Crippen LogP contribution is -2.29. The van der Waals surface area contributed by atoms with Gasteiger partial charge < -0.3 is 9.84 Å². The van der Waals surface area contributed by atoms with E-state index in [1.165, 1.54) is 17.6 Å². The second-order valence-electron chi connectivity index (χ2n) is 6.65. The number of nitrogens with zero attached hydrogens (tertiary/aromatic N) is 1. The number of hydrogen-bond donors (Lipinski definition) is 1. The Balaban J connectivity index is 1.74. The van der Waals surface area contributed by atoms with Crippen molar-refractivity contribution in [3.05, 3.63) is 76.7 Å². The molecule has 0 atom stereocenters. The number of phenols is 1. The first-order valence-electron chi connectivity index (χ1n) is 9.33. The lowest BCUT2D eigenvalue weighted by Gasteiger charge is -2.12. The summed E-state index contributed by atoms with van der Waals surface area (Å²) in [7, 11) is 1.47. The number of methoxy groups -OCH3 is 1. The number of aromatic hydroxyl groups is 1. The predicted octanol–water partition coefficient (Wildman–Crippen LogP) is 4.80. The Morgan fingerprint density at radius 3 is 2.66 bits per heavy atom. The summed E-state index contributed by atoms with van der Waals surface area (Å²) in [6.45, 7) is 4.08. The summed E-state index contributed by atoms with van der Waals surface area (Å²) >= 11 is 0.935. The fourth-order valence-corrected chi connectivity index (χ4v) is 4.03. The van der Waals surface area contributed by atoms with E-state index in [0.29, 0.717) is 41.2 Å². The highest BCUT2D eigenvalue weighted by Crippen LogP contribution is 2.36. The van der Waals surface area contributed by atoms with Crippen LogP contribution >= 0.6 is 11.8 Å². The van der Waals surface area contributed by atoms with Crippen LogP contribution in [0.5, 0.6) is 11.5 Å². The van der Waals surface area contributed by atoms with Crippen LogP contribution in [-0.4, -0.2) is 34.8 Å². The number of carbonyl (C=O) groups excluding carboxylic acids is 2. The van der Waals surface area contributed by atoms with E-state index >= 15 is 0 Å². The third-order valence-corrected chi connectivity index (χ3v) is 5.53. The first kappa shape index (κ1) is 20.7. The summed E-state index contributed by atoms with van der Waals surface area (Å²) in [4.78, 5) is 26.7. The van der Waals surface area contributed by atoms with E-state index < -0.39 is 0 Å². The summed E-state index contributed by atoms with van der Waals surface area (Å²) < 4.78 is 5.22. The average Bonchev–Trinajstić information content (AvgIpc) is 2.98. The van der Waals surface area contributed by atoms with Gasteiger partial charge in [-0.15, -0.1) is 6.58 Å². The molecule has 2 aromatic rings. The molecular weight excluding hydrogens is 386 g/mol. The zero-order chi connectivity index (χ0) is 20.8. The standard InChI is InChI=1S/C23H23NO4S/c1-3-8-18-13-17(14-19(28-2)21(18)25)15-20-22(26)24(23(27)29-20)12-7-11-16-9-5-4-6-10-16/h3-6,9-10,13-15,25H,1,7-8,11-12H2,2H3/b20-15+. The van der Waals surface area contributed by atoms with E-state index in [-0.39, 0.29) is 16.9 Å². The quantitative estimate of drug-likeness (QED) is 0.501. The molecule has 0 aliphatic carbocycles. The number of thioether (sulfide) groups is 1. The molecule has 6 heteroatoms. The number of carbonyl (C=O) groups is 2. The molecule has 0 aromatic heterocycles. The Hall–Kier alpha value is -2.99. The highest BCUT2D eigenvalue weighted by molar-refractivity contribution is 8.18. The van der Waals surface area contributed by atoms with Gasteiger partial charge in [-0.2, -0.15) is 0 Å². The van der Waals surface area contributed by atoms with E-state index in [9.17, 15) is 14.7 Å². The van der Waals surface area contributed by atoms with E-state index in [4.69, 9.17) is 4.74 Å². The van der Waals surface area contributed by atoms with Crippen molar-refractivity contribution in [2.24, 2.45) is 0 Å². The topological polar surface area (TPSA) is 66.8 Å². The highest BCUT2D eigenvalue weighted by Gasteiger charge is 2.34. The minimum Gasteiger partial charge on any atom is -0.504 e. The first-order valence-corrected chi connectivity index (χ1v) is 10.1. The van der Waals surface area contributed by atoms with E-state index in [2.05, 4.69) is 6.58 Å². The Morgan fingerprint density at radius 2 is 1.97 bits per heavy atom. The van der Waals surface area contributed by atoms with E-state index in [0.717, 1.165) is 18.2 Å². The van der Waals surface area contributed by atoms with Gasteiger partial charge >= 0.3 is 0 Å². The number of amides is 2. The van der Waals surface area contributed by atoms with Gasteiger partial charge in [0, 0.05) is 12.1 Å². The van der Waals surface area contributed by atoms with Gasteiger partial charge in [0.1, 0.15) is 0 Å². The lowest BCUT2D eigenvalue weighted by molar-refractivity contribution is -0.122. The minimum absolute atomic E-state index is 0.0542. The van der Waals surface area contributed by atoms with Crippen LogP contribution in [0.3, 0.4) is 0 Å². The van der Waals surface area contributed by atoms with Crippen LogP contribution in [0.15, 0.2) is 60.0 Å². The number of imide groups is 1. The Labute approximate surface area is 174 Å². The molecule has 0 saturated carbocycles. The van der Waals surface area contributed by atoms with Gasteiger partial charge in [-0.1, -0.05) is 36.4 Å². The van der Waals surface area contributed by atoms with Crippen LogP contribution in [0.2, 0.25) is 0 Å². The third-order valence-electron chi connectivity index (χ3n) is 4.62. The van der Waals surface area contributed by atoms with Crippen LogP contribution in [0.4, 0.5) is 4.79 Å². The maximum atomic E-state index is 12.7. The van der Waals surface area contributed by atoms with Crippen molar-refractivity contribution in [3.8, 4) is 11.5 Å². The maximum absolute atomic E-state index is 12.7. The molecule has 150 valence electrons. The number of hydrogen-bond acceptors (Lipinski definition) is 5. The van der Waals surface area contributed by atoms with Crippen LogP contribution in [0.1, 0.15) is 23.1 Å². The van der Waals surface area contributed by atoms with Gasteiger partial charge in [-0.25, -0.2) is 0 Å². The summed E-state index contributed by atoms with van der Waals surface area (Å²) in [6.07, 6.45) is 5.33. The molecule has 3 rings (SSSR count). The van der Waals surface area contributed by atoms with Gasteiger partial charge in [0.25, 0.3) is 11.1 Å². The van der Waals surface area contributed by atoms with Crippen LogP contribution in [0, 0.1) is 0 Å². The molecule has 0 unspecified atom stereocenters. The molecule has 1 aliphatic heterocycles. The SMILES string of the molecule is C=CCc1cc(/C=C2/SC(=O)N(CCCc3ccccc3)C2=O)cc(OC)c1O. The van der Waals surface area contributed by atoms with Crippen LogP contribution < -0.4 is 4.74 Å². The van der Waals surface area contributed by atoms with E-state index in [1.54, 1.807) is 24.3 Å². The zero-order valence-electron chi connectivity index (χ0n) is 16.3. The number of ether oxygens (including phenoxy) is 1. The van der Waals surface area contributed by atoms with Crippen molar-refractivity contribution < 1.29 is 19.4 Å². The molecule has 0 spiro atoms. The third kappa shape index (κ3) is 4.90. The Morgan fingerprint density at radius 1 is 1.21 bits per heavy atom. The van der Waals surface area contributed by atoms with Gasteiger partial charge in [-0.05, 0) is 60.4 Å². The molecule has 2 aromatic carbocycles. The zero-order valence-corrected chi connectivity index (χ0v) is 17.1. The smallest absolute Gasteiger partial charge is 0.293 e. The number of benzene rings is 2. The molecule has 0 radical (unpaired) electrons. The first-order chi connectivity index (χ1) is 14.0. The molecule has 1 saturated heterocycles. The van der Waals surface area contributed by atoms with Gasteiger partial charge in [0.2, 0.25) is 0 Å². The minimum atomic E-state index is -0.287. The van der Waals surface area contributed by atoms with Crippen molar-refractivity contribution in [1.82, 2.24) is 4.90 Å². The molecule has 0 bridgehead atoms. The number of rotatable bonds is 8. The second-order valence-corrected chi connectivity index (χ2v) is 7.64. The van der Waals surface area contributed by atoms with Gasteiger partial charge in [0.05, 0.1) is 12.0 Å². The normalized spacial score (nSPS) is 15.2. The summed E-state index contributed by atoms with van der Waals surface area (Å²) in [6, 6.07) is 13.4. The van der Waals surface area contributed by atoms with Crippen molar-refractivity contribution in [3.63, 3.8) is 0 Å². The van der Waals surface area contributed by atoms with Crippen molar-refractivity contribution >= 4 is 29.0 Å². The second kappa shape index (κ2) is 9.47. The molecule has 5 nitrogen and oxygen atoms in total. The van der Waals surface area contributed by atoms with Gasteiger partial charge in [0.15, 0.2) is 11.5 Å². The molecule has 1 aliphatic rings. The summed E-state index contributed by atoms with van der Waals surface area (Å²) in [5.41, 5.74) is 2.51. The maximum Gasteiger partial charge on any atom is 0.293 e. The number of phenolic OH excluding ortho intramolecular Hbond substituents is 1. The highest BCUT2D eigenvalue weighted by atomic mass is 32.2. The largest absolute Gasteiger partial charge is 0.504 e. The van der Waals surface area contributed by atoms with Crippen LogP contribution in [-0.2, 0) is 17.6 Å². The van der Waals surface area contributed by atoms with Crippen molar-refractivity contribution in [2.45, 2.75) is 19.3 Å². The number of allylic oxidation sites excluding steroid dienone is 1. The summed E-state index contributed by atoms with van der Waals surface area (Å²) in [5, 5.41) is 9.95. The predicted molar refractivity (Wildman–Crippen MR) is 116 cm³/mol. The number of aryl methyl sites for hydroxylation is 1. The lowest BCUT2D eigenvalue weighted by atomic mass is 10.1. The molecule has 1 fully saturated rings. The fraction of sp³-hybridized carbons (Fsp3) is 0.217. The van der Waals surface area contributed by atoms with Crippen molar-refractivity contribution in [1.29, 1.82) is 0 Å². The average molecular weight is 410 g/mol. The molecule has 29 heavy (non-hydrogen) atoms. The van der Waals surface area contributed by atoms with E-state index in [1.807, 2.05) is 30.3 Å². The Bertz CT molecular complexity index is 953. The molecule has 1 heterocycles. The molecule has 1 N–H and O–H groups in total. The Kier molecular flexibility index (Phi) is 6.77. The molecule has 2 amide bonds. The monoisotopic (exact) mass is 409 g/mol. The fourth-order valence-electron chi connectivity index (χ4n) is 3.17. The van der Waals surface area contributed by atoms with Crippen molar-refractivity contribution in [2.75, 3.05) is 13.7 Å².